The predicted octanol–water partition coefficient (Wildman–Crippen LogP) is 4.62. The monoisotopic (exact) mass is 232 g/mol. The van der Waals surface area contributed by atoms with Crippen molar-refractivity contribution in [2.45, 2.75) is 52.8 Å². The number of rotatable bonds is 4. The van der Waals surface area contributed by atoms with Crippen molar-refractivity contribution in [1.29, 1.82) is 0 Å². The van der Waals surface area contributed by atoms with Crippen molar-refractivity contribution in [3.05, 3.63) is 11.2 Å². The van der Waals surface area contributed by atoms with Gasteiger partial charge in [0.15, 0.2) is 0 Å². The molecule has 0 aliphatic rings. The SMILES string of the molecule is C/C=C(/O[Si](C)(C)C(C)(C)C)SCC. The van der Waals surface area contributed by atoms with Gasteiger partial charge in [0.1, 0.15) is 5.09 Å². The average Bonchev–Trinajstić information content (AvgIpc) is 2.01. The second kappa shape index (κ2) is 5.26. The van der Waals surface area contributed by atoms with Gasteiger partial charge < -0.3 is 4.43 Å². The first-order chi connectivity index (χ1) is 6.24. The Morgan fingerprint density at radius 1 is 1.36 bits per heavy atom. The highest BCUT2D eigenvalue weighted by atomic mass is 32.2. The van der Waals surface area contributed by atoms with E-state index in [9.17, 15) is 0 Å². The Kier molecular flexibility index (Phi) is 5.30. The maximum absolute atomic E-state index is 6.15. The van der Waals surface area contributed by atoms with Gasteiger partial charge in [0.2, 0.25) is 0 Å². The first kappa shape index (κ1) is 14.1. The summed E-state index contributed by atoms with van der Waals surface area (Å²) in [6, 6.07) is 0. The number of hydrogen-bond acceptors (Lipinski definition) is 2. The predicted molar refractivity (Wildman–Crippen MR) is 70.2 cm³/mol. The van der Waals surface area contributed by atoms with E-state index < -0.39 is 8.32 Å². The topological polar surface area (TPSA) is 9.23 Å². The highest BCUT2D eigenvalue weighted by Crippen LogP contribution is 2.39. The largest absolute Gasteiger partial charge is 0.539 e. The summed E-state index contributed by atoms with van der Waals surface area (Å²) in [6.45, 7) is 15.6. The van der Waals surface area contributed by atoms with Crippen LogP contribution in [0.3, 0.4) is 0 Å². The molecule has 0 aromatic heterocycles. The van der Waals surface area contributed by atoms with Gasteiger partial charge in [-0.2, -0.15) is 0 Å². The van der Waals surface area contributed by atoms with E-state index in [2.05, 4.69) is 46.9 Å². The third-order valence-electron chi connectivity index (χ3n) is 2.68. The van der Waals surface area contributed by atoms with E-state index >= 15 is 0 Å². The van der Waals surface area contributed by atoms with Crippen molar-refractivity contribution in [1.82, 2.24) is 0 Å². The number of thioether (sulfide) groups is 1. The highest BCUT2D eigenvalue weighted by molar-refractivity contribution is 8.02. The molecule has 0 aliphatic carbocycles. The molecule has 0 aliphatic heterocycles. The van der Waals surface area contributed by atoms with Crippen LogP contribution in [0.2, 0.25) is 18.1 Å². The minimum atomic E-state index is -1.62. The normalized spacial score (nSPS) is 14.4. The van der Waals surface area contributed by atoms with Gasteiger partial charge in [0.25, 0.3) is 8.32 Å². The Morgan fingerprint density at radius 2 is 1.86 bits per heavy atom. The molecule has 0 bridgehead atoms. The van der Waals surface area contributed by atoms with Gasteiger partial charge in [-0.15, -0.1) is 0 Å². The summed E-state index contributed by atoms with van der Waals surface area (Å²) in [5.74, 6) is 1.08. The summed E-state index contributed by atoms with van der Waals surface area (Å²) >= 11 is 1.79. The van der Waals surface area contributed by atoms with Gasteiger partial charge in [-0.05, 0) is 36.9 Å². The Balaban J connectivity index is 4.49. The second-order valence-corrected chi connectivity index (χ2v) is 10.9. The number of hydrogen-bond donors (Lipinski definition) is 0. The zero-order valence-corrected chi connectivity index (χ0v) is 12.4. The van der Waals surface area contributed by atoms with Crippen LogP contribution >= 0.6 is 11.8 Å². The Hall–Kier alpha value is 0.107. The quantitative estimate of drug-likeness (QED) is 0.516. The fourth-order valence-electron chi connectivity index (χ4n) is 0.719. The molecule has 0 saturated carbocycles. The first-order valence-corrected chi connectivity index (χ1v) is 9.12. The van der Waals surface area contributed by atoms with Crippen molar-refractivity contribution in [3.63, 3.8) is 0 Å². The minimum absolute atomic E-state index is 0.287. The van der Waals surface area contributed by atoms with E-state index in [1.165, 1.54) is 0 Å². The molecule has 1 nitrogen and oxygen atoms in total. The van der Waals surface area contributed by atoms with E-state index in [0.29, 0.717) is 0 Å². The Bertz CT molecular complexity index is 204. The van der Waals surface area contributed by atoms with Gasteiger partial charge >= 0.3 is 0 Å². The van der Waals surface area contributed by atoms with E-state index in [1.807, 2.05) is 6.92 Å². The van der Waals surface area contributed by atoms with Crippen LogP contribution in [0, 0.1) is 0 Å². The molecule has 0 aromatic carbocycles. The molecular formula is C11H24OSSi. The summed E-state index contributed by atoms with van der Waals surface area (Å²) < 4.78 is 6.15. The lowest BCUT2D eigenvalue weighted by Gasteiger charge is -2.37. The molecule has 3 heteroatoms. The maximum atomic E-state index is 6.15. The third kappa shape index (κ3) is 4.09. The van der Waals surface area contributed by atoms with Crippen LogP contribution in [0.4, 0.5) is 0 Å². The fraction of sp³-hybridized carbons (Fsp3) is 0.818. The van der Waals surface area contributed by atoms with Crippen LogP contribution in [0.1, 0.15) is 34.6 Å². The van der Waals surface area contributed by atoms with Crippen LogP contribution in [-0.4, -0.2) is 14.1 Å². The molecule has 0 fully saturated rings. The molecule has 0 saturated heterocycles. The van der Waals surface area contributed by atoms with Gasteiger partial charge in [0, 0.05) is 0 Å². The summed E-state index contributed by atoms with van der Waals surface area (Å²) in [6.07, 6.45) is 2.08. The van der Waals surface area contributed by atoms with Gasteiger partial charge in [-0.1, -0.05) is 39.5 Å². The molecule has 14 heavy (non-hydrogen) atoms. The van der Waals surface area contributed by atoms with Crippen molar-refractivity contribution < 1.29 is 4.43 Å². The van der Waals surface area contributed by atoms with Crippen molar-refractivity contribution in [2.75, 3.05) is 5.75 Å². The summed E-state index contributed by atoms with van der Waals surface area (Å²) in [5.41, 5.74) is 0. The summed E-state index contributed by atoms with van der Waals surface area (Å²) in [7, 11) is -1.62. The van der Waals surface area contributed by atoms with Crippen molar-refractivity contribution in [3.8, 4) is 0 Å². The highest BCUT2D eigenvalue weighted by Gasteiger charge is 2.39. The van der Waals surface area contributed by atoms with Crippen LogP contribution in [-0.2, 0) is 4.43 Å². The van der Waals surface area contributed by atoms with E-state index in [4.69, 9.17) is 4.43 Å². The van der Waals surface area contributed by atoms with Gasteiger partial charge in [-0.25, -0.2) is 0 Å². The molecule has 0 amide bonds. The summed E-state index contributed by atoms with van der Waals surface area (Å²) in [4.78, 5) is 0. The molecule has 84 valence electrons. The standard InChI is InChI=1S/C11H24OSSi/c1-8-10(13-9-2)12-14(6,7)11(3,4)5/h8H,9H2,1-7H3/b10-8-. The first-order valence-electron chi connectivity index (χ1n) is 5.22. The molecule has 0 radical (unpaired) electrons. The Labute approximate surface area is 94.4 Å². The van der Waals surface area contributed by atoms with E-state index in [1.54, 1.807) is 11.8 Å². The van der Waals surface area contributed by atoms with Crippen molar-refractivity contribution >= 4 is 20.1 Å². The zero-order valence-electron chi connectivity index (χ0n) is 10.6. The average molecular weight is 232 g/mol. The maximum Gasteiger partial charge on any atom is 0.251 e. The lowest BCUT2D eigenvalue weighted by molar-refractivity contribution is 0.417. The van der Waals surface area contributed by atoms with E-state index in [0.717, 1.165) is 10.8 Å². The molecule has 0 atom stereocenters. The van der Waals surface area contributed by atoms with Crippen LogP contribution in [0.15, 0.2) is 11.2 Å². The molecule has 0 aromatic rings. The Morgan fingerprint density at radius 3 is 2.14 bits per heavy atom. The second-order valence-electron chi connectivity index (χ2n) is 4.90. The molecular weight excluding hydrogens is 208 g/mol. The van der Waals surface area contributed by atoms with Crippen LogP contribution in [0.5, 0.6) is 0 Å². The zero-order chi connectivity index (χ0) is 11.4. The van der Waals surface area contributed by atoms with Crippen LogP contribution < -0.4 is 0 Å². The third-order valence-corrected chi connectivity index (χ3v) is 8.07. The molecule has 0 unspecified atom stereocenters. The molecule has 0 N–H and O–H groups in total. The molecule has 0 heterocycles. The minimum Gasteiger partial charge on any atom is -0.539 e. The van der Waals surface area contributed by atoms with Crippen molar-refractivity contribution in [2.24, 2.45) is 0 Å². The fourth-order valence-corrected chi connectivity index (χ4v) is 2.96. The smallest absolute Gasteiger partial charge is 0.251 e. The van der Waals surface area contributed by atoms with Gasteiger partial charge in [-0.3, -0.25) is 0 Å². The van der Waals surface area contributed by atoms with E-state index in [-0.39, 0.29) is 5.04 Å². The molecule has 0 rings (SSSR count). The van der Waals surface area contributed by atoms with Gasteiger partial charge in [0.05, 0.1) is 0 Å². The lowest BCUT2D eigenvalue weighted by Crippen LogP contribution is -2.40. The van der Waals surface area contributed by atoms with Crippen LogP contribution in [0.25, 0.3) is 0 Å². The molecule has 0 spiro atoms. The lowest BCUT2D eigenvalue weighted by atomic mass is 10.2. The summed E-state index contributed by atoms with van der Waals surface area (Å²) in [5, 5.41) is 1.38. The number of allylic oxidation sites excluding steroid dienone is 1.